The molecular weight excluding hydrogens is 469 g/mol. The molecule has 10 heteroatoms. The number of rotatable bonds is 13. The Bertz CT molecular complexity index is 1200. The number of aliphatic hydroxyl groups excluding tert-OH is 1. The summed E-state index contributed by atoms with van der Waals surface area (Å²) in [5.41, 5.74) is -0.574. The van der Waals surface area contributed by atoms with Crippen molar-refractivity contribution < 1.29 is 23.9 Å². The molecule has 9 nitrogen and oxygen atoms in total. The van der Waals surface area contributed by atoms with Crippen LogP contribution < -0.4 is 16.0 Å². The van der Waals surface area contributed by atoms with Gasteiger partial charge in [0, 0.05) is 30.6 Å². The van der Waals surface area contributed by atoms with Crippen molar-refractivity contribution in [1.29, 1.82) is 0 Å². The summed E-state index contributed by atoms with van der Waals surface area (Å²) in [6.07, 6.45) is 1.79. The number of hydrogen-bond acceptors (Lipinski definition) is 7. The Morgan fingerprint density at radius 2 is 1.86 bits per heavy atom. The van der Waals surface area contributed by atoms with Gasteiger partial charge in [-0.15, -0.1) is 0 Å². The molecule has 1 aromatic heterocycles. The Kier molecular flexibility index (Phi) is 10.6. The molecule has 0 aliphatic carbocycles. The third-order valence-electron chi connectivity index (χ3n) is 6.03. The van der Waals surface area contributed by atoms with Gasteiger partial charge in [-0.1, -0.05) is 25.9 Å². The third-order valence-corrected chi connectivity index (χ3v) is 6.03. The lowest BCUT2D eigenvalue weighted by Gasteiger charge is -2.19. The summed E-state index contributed by atoms with van der Waals surface area (Å²) < 4.78 is 21.4. The molecule has 2 atom stereocenters. The van der Waals surface area contributed by atoms with E-state index < -0.39 is 23.2 Å². The van der Waals surface area contributed by atoms with Gasteiger partial charge in [-0.25, -0.2) is 9.18 Å². The van der Waals surface area contributed by atoms with E-state index in [9.17, 15) is 23.9 Å². The smallest absolute Gasteiger partial charge is 0.331 e. The maximum Gasteiger partial charge on any atom is 0.331 e. The minimum atomic E-state index is -1.29. The van der Waals surface area contributed by atoms with E-state index in [0.29, 0.717) is 19.3 Å². The third kappa shape index (κ3) is 7.36. The van der Waals surface area contributed by atoms with Crippen molar-refractivity contribution in [2.45, 2.75) is 66.2 Å². The van der Waals surface area contributed by atoms with E-state index in [4.69, 9.17) is 9.57 Å². The summed E-state index contributed by atoms with van der Waals surface area (Å²) in [6.45, 7) is 7.08. The number of benzene rings is 1. The molecule has 0 bridgehead atoms. The molecule has 0 aliphatic heterocycles. The SMILES string of the molecule is CO/N=C(\C)c1cn(CC(O)c2cc(F)ccc2OC)c(=O)n(C[C@H](C)CCCC(=O)C(C)C)c1=O. The lowest BCUT2D eigenvalue weighted by molar-refractivity contribution is -0.122. The van der Waals surface area contributed by atoms with Crippen LogP contribution in [0.2, 0.25) is 0 Å². The van der Waals surface area contributed by atoms with Crippen molar-refractivity contribution in [1.82, 2.24) is 9.13 Å². The molecule has 0 saturated carbocycles. The minimum Gasteiger partial charge on any atom is -0.496 e. The summed E-state index contributed by atoms with van der Waals surface area (Å²) in [7, 11) is 2.74. The van der Waals surface area contributed by atoms with E-state index >= 15 is 0 Å². The summed E-state index contributed by atoms with van der Waals surface area (Å²) in [5, 5.41) is 14.7. The number of aromatic nitrogens is 2. The van der Waals surface area contributed by atoms with Crippen molar-refractivity contribution in [2.75, 3.05) is 14.2 Å². The number of halogens is 1. The summed E-state index contributed by atoms with van der Waals surface area (Å²) in [6, 6.07) is 3.74. The van der Waals surface area contributed by atoms with E-state index in [-0.39, 0.29) is 53.3 Å². The van der Waals surface area contributed by atoms with E-state index in [1.807, 2.05) is 20.8 Å². The van der Waals surface area contributed by atoms with Gasteiger partial charge in [-0.2, -0.15) is 0 Å². The first-order valence-electron chi connectivity index (χ1n) is 12.0. The molecule has 2 rings (SSSR count). The molecule has 0 aliphatic rings. The normalized spacial score (nSPS) is 13.5. The number of ketones is 1. The van der Waals surface area contributed by atoms with Crippen molar-refractivity contribution in [3.8, 4) is 5.75 Å². The molecule has 0 saturated heterocycles. The monoisotopic (exact) mass is 505 g/mol. The van der Waals surface area contributed by atoms with Crippen LogP contribution in [0.1, 0.15) is 64.2 Å². The number of aliphatic hydroxyl groups is 1. The zero-order valence-electron chi connectivity index (χ0n) is 21.8. The predicted octanol–water partition coefficient (Wildman–Crippen LogP) is 3.29. The highest BCUT2D eigenvalue weighted by Gasteiger charge is 2.21. The number of ether oxygens (including phenoxy) is 1. The Morgan fingerprint density at radius 3 is 2.47 bits per heavy atom. The molecule has 1 unspecified atom stereocenters. The average Bonchev–Trinajstić information content (AvgIpc) is 2.83. The molecule has 1 heterocycles. The van der Waals surface area contributed by atoms with Crippen molar-refractivity contribution in [3.05, 3.63) is 62.2 Å². The molecular formula is C26H36FN3O6. The summed E-state index contributed by atoms with van der Waals surface area (Å²) in [4.78, 5) is 43.2. The number of Topliss-reactive ketones (excluding diaryl/α,β-unsaturated/α-hetero) is 1. The van der Waals surface area contributed by atoms with Crippen LogP contribution in [0, 0.1) is 17.7 Å². The summed E-state index contributed by atoms with van der Waals surface area (Å²) in [5.74, 6) is -0.204. The number of hydrogen-bond donors (Lipinski definition) is 1. The topological polar surface area (TPSA) is 112 Å². The van der Waals surface area contributed by atoms with Crippen LogP contribution in [-0.4, -0.2) is 40.0 Å². The average molecular weight is 506 g/mol. The number of oxime groups is 1. The number of carbonyl (C=O) groups excluding carboxylic acids is 1. The zero-order chi connectivity index (χ0) is 27.0. The fourth-order valence-corrected chi connectivity index (χ4v) is 3.95. The van der Waals surface area contributed by atoms with Crippen LogP contribution in [0.15, 0.2) is 39.1 Å². The van der Waals surface area contributed by atoms with Gasteiger partial charge in [0.25, 0.3) is 5.56 Å². The highest BCUT2D eigenvalue weighted by Crippen LogP contribution is 2.27. The molecule has 1 aromatic carbocycles. The zero-order valence-corrected chi connectivity index (χ0v) is 21.8. The van der Waals surface area contributed by atoms with E-state index in [0.717, 1.165) is 10.6 Å². The van der Waals surface area contributed by atoms with Crippen molar-refractivity contribution in [3.63, 3.8) is 0 Å². The first kappa shape index (κ1) is 29.0. The van der Waals surface area contributed by atoms with Crippen LogP contribution in [0.3, 0.4) is 0 Å². The number of methoxy groups -OCH3 is 1. The molecule has 1 N–H and O–H groups in total. The first-order valence-corrected chi connectivity index (χ1v) is 12.0. The highest BCUT2D eigenvalue weighted by molar-refractivity contribution is 5.97. The van der Waals surface area contributed by atoms with Crippen LogP contribution >= 0.6 is 0 Å². The Hall–Kier alpha value is -3.27. The number of carbonyl (C=O) groups is 1. The van der Waals surface area contributed by atoms with Crippen molar-refractivity contribution >= 4 is 11.5 Å². The predicted molar refractivity (Wildman–Crippen MR) is 135 cm³/mol. The van der Waals surface area contributed by atoms with Crippen LogP contribution in [0.25, 0.3) is 0 Å². The molecule has 0 fully saturated rings. The standard InChI is InChI=1S/C26H36FN3O6/c1-16(2)22(31)9-7-8-17(3)13-30-25(33)21(18(4)28-36-6)14-29(26(30)34)15-23(32)20-12-19(27)10-11-24(20)35-5/h10-12,14,16-17,23,32H,7-9,13,15H2,1-6H3/b28-18+/t17-,23?/m1/s1. The van der Waals surface area contributed by atoms with Gasteiger partial charge in [-0.05, 0) is 43.9 Å². The fraction of sp³-hybridized carbons (Fsp3) is 0.538. The Labute approximate surface area is 210 Å². The van der Waals surface area contributed by atoms with Gasteiger partial charge in [0.1, 0.15) is 30.6 Å². The van der Waals surface area contributed by atoms with Crippen LogP contribution in [0.4, 0.5) is 4.39 Å². The van der Waals surface area contributed by atoms with E-state index in [1.165, 1.54) is 37.1 Å². The number of nitrogens with zero attached hydrogens (tertiary/aromatic N) is 3. The highest BCUT2D eigenvalue weighted by atomic mass is 19.1. The van der Waals surface area contributed by atoms with Gasteiger partial charge in [0.05, 0.1) is 24.9 Å². The second-order valence-electron chi connectivity index (χ2n) is 9.27. The maximum atomic E-state index is 13.8. The van der Waals surface area contributed by atoms with Gasteiger partial charge in [0.2, 0.25) is 0 Å². The lowest BCUT2D eigenvalue weighted by atomic mass is 9.99. The molecule has 36 heavy (non-hydrogen) atoms. The fourth-order valence-electron chi connectivity index (χ4n) is 3.95. The molecule has 0 radical (unpaired) electrons. The quantitative estimate of drug-likeness (QED) is 0.330. The van der Waals surface area contributed by atoms with E-state index in [1.54, 1.807) is 6.92 Å². The largest absolute Gasteiger partial charge is 0.496 e. The first-order chi connectivity index (χ1) is 17.0. The minimum absolute atomic E-state index is 0.0296. The van der Waals surface area contributed by atoms with Gasteiger partial charge in [0.15, 0.2) is 0 Å². The van der Waals surface area contributed by atoms with Gasteiger partial charge in [-0.3, -0.25) is 18.7 Å². The lowest BCUT2D eigenvalue weighted by Crippen LogP contribution is -2.44. The Morgan fingerprint density at radius 1 is 1.17 bits per heavy atom. The molecule has 0 amide bonds. The second-order valence-corrected chi connectivity index (χ2v) is 9.27. The molecule has 0 spiro atoms. The van der Waals surface area contributed by atoms with Gasteiger partial charge >= 0.3 is 5.69 Å². The van der Waals surface area contributed by atoms with Crippen LogP contribution in [0.5, 0.6) is 5.75 Å². The molecule has 2 aromatic rings. The molecule has 198 valence electrons. The van der Waals surface area contributed by atoms with Crippen molar-refractivity contribution in [2.24, 2.45) is 17.0 Å². The Balaban J connectivity index is 2.42. The van der Waals surface area contributed by atoms with Crippen LogP contribution in [-0.2, 0) is 22.7 Å². The van der Waals surface area contributed by atoms with Gasteiger partial charge < -0.3 is 14.7 Å². The van der Waals surface area contributed by atoms with E-state index in [2.05, 4.69) is 5.16 Å². The summed E-state index contributed by atoms with van der Waals surface area (Å²) >= 11 is 0. The maximum absolute atomic E-state index is 13.8. The second kappa shape index (κ2) is 13.2.